The smallest absolute Gasteiger partial charge is 0.262 e. The van der Waals surface area contributed by atoms with Gasteiger partial charge in [-0.3, -0.25) is 4.79 Å². The number of aromatic amines is 1. The van der Waals surface area contributed by atoms with Gasteiger partial charge in [0.15, 0.2) is 0 Å². The van der Waals surface area contributed by atoms with Crippen molar-refractivity contribution in [1.82, 2.24) is 9.97 Å². The highest BCUT2D eigenvalue weighted by atomic mass is 16.3. The molecule has 0 saturated heterocycles. The lowest BCUT2D eigenvalue weighted by Crippen LogP contribution is -2.14. The molecular formula is C15H18N2O2. The molecule has 0 radical (unpaired) electrons. The lowest BCUT2D eigenvalue weighted by atomic mass is 10.1. The molecule has 2 rings (SSSR count). The van der Waals surface area contributed by atoms with Crippen LogP contribution in [0, 0.1) is 5.92 Å². The largest absolute Gasteiger partial charge is 0.493 e. The fourth-order valence-electron chi connectivity index (χ4n) is 1.92. The zero-order valence-electron chi connectivity index (χ0n) is 11.2. The van der Waals surface area contributed by atoms with Gasteiger partial charge in [-0.25, -0.2) is 0 Å². The number of benzene rings is 1. The molecule has 2 aromatic rings. The molecule has 1 aromatic heterocycles. The van der Waals surface area contributed by atoms with Crippen LogP contribution in [-0.4, -0.2) is 15.1 Å². The van der Waals surface area contributed by atoms with Gasteiger partial charge in [-0.15, -0.1) is 0 Å². The van der Waals surface area contributed by atoms with E-state index in [1.807, 2.05) is 18.2 Å². The number of nitrogens with zero attached hydrogens (tertiary/aromatic N) is 1. The van der Waals surface area contributed by atoms with Gasteiger partial charge in [0.1, 0.15) is 11.4 Å². The second kappa shape index (κ2) is 5.69. The van der Waals surface area contributed by atoms with Gasteiger partial charge in [-0.05, 0) is 17.9 Å². The van der Waals surface area contributed by atoms with Crippen LogP contribution in [0.15, 0.2) is 35.1 Å². The van der Waals surface area contributed by atoms with E-state index in [9.17, 15) is 9.90 Å². The minimum atomic E-state index is -0.294. The summed E-state index contributed by atoms with van der Waals surface area (Å²) in [5.41, 5.74) is 0.607. The molecule has 1 heterocycles. The fourth-order valence-corrected chi connectivity index (χ4v) is 1.92. The number of aromatic hydroxyl groups is 1. The van der Waals surface area contributed by atoms with E-state index >= 15 is 0 Å². The molecule has 0 saturated carbocycles. The van der Waals surface area contributed by atoms with E-state index in [0.29, 0.717) is 23.7 Å². The summed E-state index contributed by atoms with van der Waals surface area (Å²) in [7, 11) is 0. The normalized spacial score (nSPS) is 10.9. The van der Waals surface area contributed by atoms with E-state index < -0.39 is 0 Å². The van der Waals surface area contributed by atoms with Crippen LogP contribution in [0.1, 0.15) is 26.1 Å². The highest BCUT2D eigenvalue weighted by molar-refractivity contribution is 5.66. The minimum Gasteiger partial charge on any atom is -0.493 e. The molecule has 0 bridgehead atoms. The van der Waals surface area contributed by atoms with E-state index in [0.717, 1.165) is 6.42 Å². The Kier molecular flexibility index (Phi) is 4.00. The first-order valence-electron chi connectivity index (χ1n) is 6.45. The molecule has 2 N–H and O–H groups in total. The van der Waals surface area contributed by atoms with E-state index in [1.54, 1.807) is 12.1 Å². The molecule has 0 aliphatic heterocycles. The molecule has 0 aliphatic rings. The first kappa shape index (κ1) is 13.3. The first-order valence-corrected chi connectivity index (χ1v) is 6.45. The average molecular weight is 258 g/mol. The SMILES string of the molecule is CC(C)CCc1nc(O)c(-c2ccccc2)c(=O)[nH]1. The number of rotatable bonds is 4. The summed E-state index contributed by atoms with van der Waals surface area (Å²) in [5.74, 6) is 0.867. The summed E-state index contributed by atoms with van der Waals surface area (Å²) in [4.78, 5) is 18.9. The lowest BCUT2D eigenvalue weighted by Gasteiger charge is -2.07. The Morgan fingerprint density at radius 2 is 1.95 bits per heavy atom. The predicted molar refractivity (Wildman–Crippen MR) is 75.1 cm³/mol. The summed E-state index contributed by atoms with van der Waals surface area (Å²) in [5, 5.41) is 9.96. The van der Waals surface area contributed by atoms with Crippen molar-refractivity contribution in [3.05, 3.63) is 46.5 Å². The van der Waals surface area contributed by atoms with E-state index in [2.05, 4.69) is 23.8 Å². The van der Waals surface area contributed by atoms with Crippen molar-refractivity contribution in [2.45, 2.75) is 26.7 Å². The van der Waals surface area contributed by atoms with Crippen LogP contribution in [0.4, 0.5) is 0 Å². The van der Waals surface area contributed by atoms with Gasteiger partial charge in [0, 0.05) is 6.42 Å². The number of H-pyrrole nitrogens is 1. The first-order chi connectivity index (χ1) is 9.08. The molecule has 4 heteroatoms. The molecule has 0 unspecified atom stereocenters. The van der Waals surface area contributed by atoms with Gasteiger partial charge >= 0.3 is 0 Å². The van der Waals surface area contributed by atoms with Crippen LogP contribution in [-0.2, 0) is 6.42 Å². The maximum Gasteiger partial charge on any atom is 0.262 e. The third-order valence-corrected chi connectivity index (χ3v) is 2.97. The Labute approximate surface area is 112 Å². The predicted octanol–water partition coefficient (Wildman–Crippen LogP) is 2.73. The number of hydrogen-bond donors (Lipinski definition) is 2. The summed E-state index contributed by atoms with van der Waals surface area (Å²) in [6.07, 6.45) is 1.59. The lowest BCUT2D eigenvalue weighted by molar-refractivity contribution is 0.447. The molecule has 0 spiro atoms. The Bertz CT molecular complexity index is 603. The summed E-state index contributed by atoms with van der Waals surface area (Å²) in [6, 6.07) is 9.06. The van der Waals surface area contributed by atoms with Crippen molar-refractivity contribution >= 4 is 0 Å². The van der Waals surface area contributed by atoms with Crippen molar-refractivity contribution in [1.29, 1.82) is 0 Å². The van der Waals surface area contributed by atoms with Crippen molar-refractivity contribution in [3.63, 3.8) is 0 Å². The molecule has 0 amide bonds. The standard InChI is InChI=1S/C15H18N2O2/c1-10(2)8-9-12-16-14(18)13(15(19)17-12)11-6-4-3-5-7-11/h3-7,10H,8-9H2,1-2H3,(H2,16,17,18,19). The molecule has 4 nitrogen and oxygen atoms in total. The second-order valence-electron chi connectivity index (χ2n) is 5.01. The number of nitrogens with one attached hydrogen (secondary N) is 1. The Hall–Kier alpha value is -2.10. The number of aryl methyl sites for hydroxylation is 1. The molecule has 19 heavy (non-hydrogen) atoms. The highest BCUT2D eigenvalue weighted by Crippen LogP contribution is 2.22. The van der Waals surface area contributed by atoms with Crippen LogP contribution < -0.4 is 5.56 Å². The highest BCUT2D eigenvalue weighted by Gasteiger charge is 2.12. The monoisotopic (exact) mass is 258 g/mol. The molecule has 0 fully saturated rings. The maximum atomic E-state index is 12.1. The molecular weight excluding hydrogens is 240 g/mol. The van der Waals surface area contributed by atoms with E-state index in [1.165, 1.54) is 0 Å². The Balaban J connectivity index is 2.36. The van der Waals surface area contributed by atoms with Crippen molar-refractivity contribution < 1.29 is 5.11 Å². The van der Waals surface area contributed by atoms with Gasteiger partial charge in [-0.1, -0.05) is 44.2 Å². The molecule has 100 valence electrons. The summed E-state index contributed by atoms with van der Waals surface area (Å²) < 4.78 is 0. The maximum absolute atomic E-state index is 12.1. The van der Waals surface area contributed by atoms with Crippen LogP contribution in [0.3, 0.4) is 0 Å². The van der Waals surface area contributed by atoms with Crippen LogP contribution in [0.2, 0.25) is 0 Å². The fraction of sp³-hybridized carbons (Fsp3) is 0.333. The van der Waals surface area contributed by atoms with E-state index in [-0.39, 0.29) is 17.0 Å². The summed E-state index contributed by atoms with van der Waals surface area (Å²) in [6.45, 7) is 4.21. The minimum absolute atomic E-state index is 0.200. The van der Waals surface area contributed by atoms with Crippen LogP contribution >= 0.6 is 0 Å². The van der Waals surface area contributed by atoms with E-state index in [4.69, 9.17) is 0 Å². The molecule has 1 aromatic carbocycles. The molecule has 0 atom stereocenters. The second-order valence-corrected chi connectivity index (χ2v) is 5.01. The summed E-state index contributed by atoms with van der Waals surface area (Å²) >= 11 is 0. The van der Waals surface area contributed by atoms with Gasteiger partial charge in [0.05, 0.1) is 0 Å². The van der Waals surface area contributed by atoms with Gasteiger partial charge in [0.2, 0.25) is 5.88 Å². The third-order valence-electron chi connectivity index (χ3n) is 2.97. The zero-order chi connectivity index (χ0) is 13.8. The Morgan fingerprint density at radius 1 is 1.26 bits per heavy atom. The third kappa shape index (κ3) is 3.22. The van der Waals surface area contributed by atoms with Crippen molar-refractivity contribution in [2.75, 3.05) is 0 Å². The van der Waals surface area contributed by atoms with Crippen molar-refractivity contribution in [2.24, 2.45) is 5.92 Å². The van der Waals surface area contributed by atoms with Gasteiger partial charge in [0.25, 0.3) is 5.56 Å². The van der Waals surface area contributed by atoms with Gasteiger partial charge < -0.3 is 10.1 Å². The van der Waals surface area contributed by atoms with Crippen LogP contribution in [0.5, 0.6) is 5.88 Å². The number of aromatic nitrogens is 2. The zero-order valence-corrected chi connectivity index (χ0v) is 11.2. The van der Waals surface area contributed by atoms with Gasteiger partial charge in [-0.2, -0.15) is 4.98 Å². The molecule has 0 aliphatic carbocycles. The van der Waals surface area contributed by atoms with Crippen LogP contribution in [0.25, 0.3) is 11.1 Å². The Morgan fingerprint density at radius 3 is 2.53 bits per heavy atom. The topological polar surface area (TPSA) is 66.0 Å². The average Bonchev–Trinajstić information content (AvgIpc) is 2.37. The number of hydrogen-bond acceptors (Lipinski definition) is 3. The van der Waals surface area contributed by atoms with Crippen molar-refractivity contribution in [3.8, 4) is 17.0 Å². The quantitative estimate of drug-likeness (QED) is 0.886.